The third-order valence-electron chi connectivity index (χ3n) is 6.81. The molecule has 3 aromatic rings. The van der Waals surface area contributed by atoms with Crippen LogP contribution >= 0.6 is 0 Å². The normalized spacial score (nSPS) is 20.4. The van der Waals surface area contributed by atoms with Crippen LogP contribution in [0.5, 0.6) is 0 Å². The molecule has 1 N–H and O–H groups in total. The van der Waals surface area contributed by atoms with Gasteiger partial charge in [0.2, 0.25) is 10.0 Å². The van der Waals surface area contributed by atoms with Crippen molar-refractivity contribution in [3.8, 4) is 0 Å². The summed E-state index contributed by atoms with van der Waals surface area (Å²) >= 11 is 0. The van der Waals surface area contributed by atoms with E-state index in [2.05, 4.69) is 9.88 Å². The molecule has 5 rings (SSSR count). The van der Waals surface area contributed by atoms with Crippen molar-refractivity contribution in [2.75, 3.05) is 26.2 Å². The number of piperidine rings is 2. The highest BCUT2D eigenvalue weighted by atomic mass is 32.2. The second kappa shape index (κ2) is 8.26. The lowest BCUT2D eigenvalue weighted by molar-refractivity contribution is 0.0992. The quantitative estimate of drug-likeness (QED) is 0.677. The standard InChI is InChI=1S/C23H28N4O3S/c28-23-24-21-8-4-5-9-22(21)27(23)19-10-14-25(15-11-19)18-12-16-26(17-13-18)31(29,30)20-6-2-1-3-7-20/h1-9,18-19H,10-17H2,(H,24,28). The number of fused-ring (bicyclic) bond motifs is 1. The lowest BCUT2D eigenvalue weighted by Gasteiger charge is -2.41. The van der Waals surface area contributed by atoms with Gasteiger partial charge in [-0.05, 0) is 49.9 Å². The van der Waals surface area contributed by atoms with E-state index in [0.29, 0.717) is 24.0 Å². The molecule has 0 aliphatic carbocycles. The molecule has 0 atom stereocenters. The van der Waals surface area contributed by atoms with E-state index < -0.39 is 10.0 Å². The molecular formula is C23H28N4O3S. The largest absolute Gasteiger partial charge is 0.326 e. The molecule has 3 heterocycles. The summed E-state index contributed by atoms with van der Waals surface area (Å²) in [5.74, 6) is 0. The van der Waals surface area contributed by atoms with E-state index in [1.54, 1.807) is 28.6 Å². The maximum Gasteiger partial charge on any atom is 0.326 e. The number of nitrogens with one attached hydrogen (secondary N) is 1. The Hall–Kier alpha value is -2.42. The first-order chi connectivity index (χ1) is 15.0. The van der Waals surface area contributed by atoms with Crippen LogP contribution < -0.4 is 5.69 Å². The van der Waals surface area contributed by atoms with Gasteiger partial charge in [-0.25, -0.2) is 13.2 Å². The Labute approximate surface area is 182 Å². The Kier molecular flexibility index (Phi) is 5.45. The summed E-state index contributed by atoms with van der Waals surface area (Å²) in [5.41, 5.74) is 1.84. The maximum atomic E-state index is 12.9. The Morgan fingerprint density at radius 3 is 2.10 bits per heavy atom. The van der Waals surface area contributed by atoms with Gasteiger partial charge in [0.25, 0.3) is 0 Å². The van der Waals surface area contributed by atoms with Crippen molar-refractivity contribution in [3.05, 3.63) is 65.1 Å². The number of rotatable bonds is 4. The van der Waals surface area contributed by atoms with Crippen molar-refractivity contribution < 1.29 is 8.42 Å². The molecule has 8 heteroatoms. The van der Waals surface area contributed by atoms with E-state index in [9.17, 15) is 13.2 Å². The first kappa shape index (κ1) is 20.5. The molecule has 0 unspecified atom stereocenters. The van der Waals surface area contributed by atoms with Gasteiger partial charge in [0.1, 0.15) is 0 Å². The number of benzene rings is 2. The van der Waals surface area contributed by atoms with Gasteiger partial charge in [-0.1, -0.05) is 30.3 Å². The maximum absolute atomic E-state index is 12.9. The number of aromatic nitrogens is 2. The Bertz CT molecular complexity index is 1200. The van der Waals surface area contributed by atoms with Gasteiger partial charge < -0.3 is 9.88 Å². The van der Waals surface area contributed by atoms with Gasteiger partial charge in [-0.2, -0.15) is 4.31 Å². The molecule has 2 aliphatic rings. The number of imidazole rings is 1. The van der Waals surface area contributed by atoms with Crippen molar-refractivity contribution >= 4 is 21.1 Å². The van der Waals surface area contributed by atoms with Crippen LogP contribution in [0, 0.1) is 0 Å². The number of H-pyrrole nitrogens is 1. The first-order valence-corrected chi connectivity index (χ1v) is 12.5. The summed E-state index contributed by atoms with van der Waals surface area (Å²) in [6, 6.07) is 17.2. The molecule has 0 saturated carbocycles. The van der Waals surface area contributed by atoms with Crippen LogP contribution in [0.25, 0.3) is 11.0 Å². The summed E-state index contributed by atoms with van der Waals surface area (Å²) < 4.78 is 29.3. The molecule has 2 aliphatic heterocycles. The number of hydrogen-bond donors (Lipinski definition) is 1. The summed E-state index contributed by atoms with van der Waals surface area (Å²) in [6.07, 6.45) is 3.57. The second-order valence-corrected chi connectivity index (χ2v) is 10.5. The van der Waals surface area contributed by atoms with E-state index in [0.717, 1.165) is 49.8 Å². The summed E-state index contributed by atoms with van der Waals surface area (Å²) in [6.45, 7) is 2.99. The van der Waals surface area contributed by atoms with Crippen molar-refractivity contribution in [1.82, 2.24) is 18.8 Å². The smallest absolute Gasteiger partial charge is 0.306 e. The van der Waals surface area contributed by atoms with Gasteiger partial charge in [0.05, 0.1) is 15.9 Å². The topological polar surface area (TPSA) is 78.4 Å². The van der Waals surface area contributed by atoms with Crippen LogP contribution in [0.2, 0.25) is 0 Å². The predicted octanol–water partition coefficient (Wildman–Crippen LogP) is 2.82. The van der Waals surface area contributed by atoms with Crippen LogP contribution in [0.15, 0.2) is 64.3 Å². The van der Waals surface area contributed by atoms with E-state index in [4.69, 9.17) is 0 Å². The van der Waals surface area contributed by atoms with Gasteiger partial charge in [-0.3, -0.25) is 4.57 Å². The molecule has 1 aromatic heterocycles. The fourth-order valence-corrected chi connectivity index (χ4v) is 6.63. The number of nitrogens with zero attached hydrogens (tertiary/aromatic N) is 3. The minimum absolute atomic E-state index is 0.0286. The molecule has 0 bridgehead atoms. The van der Waals surface area contributed by atoms with Crippen molar-refractivity contribution in [2.45, 2.75) is 42.7 Å². The van der Waals surface area contributed by atoms with Gasteiger partial charge >= 0.3 is 5.69 Å². The zero-order valence-electron chi connectivity index (χ0n) is 17.5. The SMILES string of the molecule is O=c1[nH]c2ccccc2n1C1CCN(C2CCN(S(=O)(=O)c3ccccc3)CC2)CC1. The van der Waals surface area contributed by atoms with Crippen LogP contribution in [0.3, 0.4) is 0 Å². The molecule has 164 valence electrons. The Morgan fingerprint density at radius 2 is 1.39 bits per heavy atom. The summed E-state index contributed by atoms with van der Waals surface area (Å²) in [7, 11) is -3.41. The molecule has 0 amide bonds. The van der Waals surface area contributed by atoms with E-state index >= 15 is 0 Å². The van der Waals surface area contributed by atoms with Crippen LogP contribution in [0.4, 0.5) is 0 Å². The van der Waals surface area contributed by atoms with Crippen LogP contribution in [0.1, 0.15) is 31.7 Å². The van der Waals surface area contributed by atoms with Crippen LogP contribution in [-0.2, 0) is 10.0 Å². The Morgan fingerprint density at radius 1 is 0.774 bits per heavy atom. The molecule has 0 radical (unpaired) electrons. The average Bonchev–Trinajstić information content (AvgIpc) is 3.15. The molecule has 0 spiro atoms. The third kappa shape index (κ3) is 3.84. The highest BCUT2D eigenvalue weighted by Crippen LogP contribution is 2.29. The number of aromatic amines is 1. The number of sulfonamides is 1. The highest BCUT2D eigenvalue weighted by Gasteiger charge is 2.33. The summed E-state index contributed by atoms with van der Waals surface area (Å²) in [4.78, 5) is 18.3. The molecule has 2 aromatic carbocycles. The lowest BCUT2D eigenvalue weighted by atomic mass is 9.98. The van der Waals surface area contributed by atoms with Gasteiger partial charge in [0.15, 0.2) is 0 Å². The van der Waals surface area contributed by atoms with E-state index in [1.165, 1.54) is 0 Å². The number of para-hydroxylation sites is 2. The first-order valence-electron chi connectivity index (χ1n) is 11.0. The molecule has 7 nitrogen and oxygen atoms in total. The lowest BCUT2D eigenvalue weighted by Crippen LogP contribution is -2.49. The highest BCUT2D eigenvalue weighted by molar-refractivity contribution is 7.89. The zero-order valence-corrected chi connectivity index (χ0v) is 18.3. The van der Waals surface area contributed by atoms with E-state index in [1.807, 2.05) is 34.9 Å². The molecule has 2 saturated heterocycles. The van der Waals surface area contributed by atoms with Crippen molar-refractivity contribution in [2.24, 2.45) is 0 Å². The van der Waals surface area contributed by atoms with E-state index in [-0.39, 0.29) is 11.7 Å². The monoisotopic (exact) mass is 440 g/mol. The predicted molar refractivity (Wildman–Crippen MR) is 121 cm³/mol. The van der Waals surface area contributed by atoms with Crippen molar-refractivity contribution in [1.29, 1.82) is 0 Å². The molecule has 31 heavy (non-hydrogen) atoms. The number of hydrogen-bond acceptors (Lipinski definition) is 4. The third-order valence-corrected chi connectivity index (χ3v) is 8.72. The minimum Gasteiger partial charge on any atom is -0.306 e. The minimum atomic E-state index is -3.41. The van der Waals surface area contributed by atoms with Crippen molar-refractivity contribution in [3.63, 3.8) is 0 Å². The zero-order chi connectivity index (χ0) is 21.4. The molecule has 2 fully saturated rings. The van der Waals surface area contributed by atoms with Crippen LogP contribution in [-0.4, -0.2) is 59.4 Å². The second-order valence-electron chi connectivity index (χ2n) is 8.53. The van der Waals surface area contributed by atoms with Gasteiger partial charge in [0, 0.05) is 38.3 Å². The molecular weight excluding hydrogens is 412 g/mol. The Balaban J connectivity index is 1.21. The average molecular weight is 441 g/mol. The fraction of sp³-hybridized carbons (Fsp3) is 0.435. The fourth-order valence-electron chi connectivity index (χ4n) is 5.14. The number of likely N-dealkylation sites (tertiary alicyclic amines) is 1. The van der Waals surface area contributed by atoms with Gasteiger partial charge in [-0.15, -0.1) is 0 Å². The summed E-state index contributed by atoms with van der Waals surface area (Å²) in [5, 5.41) is 0.